The highest BCUT2D eigenvalue weighted by atomic mass is 32.1. The van der Waals surface area contributed by atoms with Crippen LogP contribution in [0.1, 0.15) is 29.3 Å². The molecule has 0 saturated carbocycles. The van der Waals surface area contributed by atoms with Crippen LogP contribution in [0.2, 0.25) is 0 Å². The lowest BCUT2D eigenvalue weighted by atomic mass is 10.1. The third kappa shape index (κ3) is 4.96. The Hall–Kier alpha value is -2.21. The molecule has 22 heavy (non-hydrogen) atoms. The maximum Gasteiger partial charge on any atom is 0.305 e. The van der Waals surface area contributed by atoms with Gasteiger partial charge in [0.2, 0.25) is 5.91 Å². The van der Waals surface area contributed by atoms with E-state index in [9.17, 15) is 14.0 Å². The molecule has 1 heterocycles. The van der Waals surface area contributed by atoms with Crippen LogP contribution in [0.25, 0.3) is 0 Å². The van der Waals surface area contributed by atoms with Crippen LogP contribution >= 0.6 is 11.3 Å². The van der Waals surface area contributed by atoms with Gasteiger partial charge in [0.15, 0.2) is 0 Å². The van der Waals surface area contributed by atoms with Crippen molar-refractivity contribution in [2.75, 3.05) is 0 Å². The Morgan fingerprint density at radius 2 is 1.95 bits per heavy atom. The number of benzene rings is 1. The van der Waals surface area contributed by atoms with Crippen molar-refractivity contribution in [3.05, 3.63) is 58.0 Å². The topological polar surface area (TPSA) is 66.4 Å². The molecule has 116 valence electrons. The van der Waals surface area contributed by atoms with Gasteiger partial charge in [0.05, 0.1) is 12.5 Å². The Kier molecular flexibility index (Phi) is 5.66. The number of aryl methyl sites for hydroxylation is 1. The molecule has 1 atom stereocenters. The molecule has 0 spiro atoms. The van der Waals surface area contributed by atoms with Gasteiger partial charge in [-0.1, -0.05) is 18.2 Å². The number of thiophene rings is 1. The number of halogens is 1. The first-order valence-electron chi connectivity index (χ1n) is 6.83. The summed E-state index contributed by atoms with van der Waals surface area (Å²) in [5.41, 5.74) is 0.863. The van der Waals surface area contributed by atoms with Crippen LogP contribution in [0.3, 0.4) is 0 Å². The molecule has 2 rings (SSSR count). The molecule has 1 amide bonds. The van der Waals surface area contributed by atoms with E-state index >= 15 is 0 Å². The number of nitrogens with one attached hydrogen (secondary N) is 1. The molecule has 2 aromatic rings. The van der Waals surface area contributed by atoms with E-state index in [-0.39, 0.29) is 24.6 Å². The van der Waals surface area contributed by atoms with Crippen LogP contribution in [-0.2, 0) is 16.0 Å². The predicted octanol–water partition coefficient (Wildman–Crippen LogP) is 3.15. The first-order valence-corrected chi connectivity index (χ1v) is 7.71. The Balaban J connectivity index is 1.90. The molecule has 0 bridgehead atoms. The zero-order valence-electron chi connectivity index (χ0n) is 11.8. The molecular weight excluding hydrogens is 305 g/mol. The summed E-state index contributed by atoms with van der Waals surface area (Å²) >= 11 is 1.41. The smallest absolute Gasteiger partial charge is 0.305 e. The number of rotatable bonds is 7. The van der Waals surface area contributed by atoms with Gasteiger partial charge in [-0.25, -0.2) is 4.39 Å². The molecule has 0 radical (unpaired) electrons. The average molecular weight is 321 g/mol. The van der Waals surface area contributed by atoms with Crippen molar-refractivity contribution in [2.24, 2.45) is 0 Å². The summed E-state index contributed by atoms with van der Waals surface area (Å²) in [6.07, 6.45) is 0.562. The van der Waals surface area contributed by atoms with Crippen molar-refractivity contribution in [3.8, 4) is 0 Å². The molecule has 0 aliphatic carbocycles. The van der Waals surface area contributed by atoms with Gasteiger partial charge in [0, 0.05) is 11.3 Å². The summed E-state index contributed by atoms with van der Waals surface area (Å²) in [7, 11) is 0. The molecule has 1 aromatic heterocycles. The third-order valence-corrected chi connectivity index (χ3v) is 4.14. The zero-order valence-corrected chi connectivity index (χ0v) is 12.6. The fraction of sp³-hybridized carbons (Fsp3) is 0.250. The Bertz CT molecular complexity index is 625. The molecule has 6 heteroatoms. The fourth-order valence-corrected chi connectivity index (χ4v) is 2.84. The molecular formula is C16H16FNO3S. The van der Waals surface area contributed by atoms with E-state index < -0.39 is 12.0 Å². The maximum absolute atomic E-state index is 12.8. The minimum Gasteiger partial charge on any atom is -0.481 e. The van der Waals surface area contributed by atoms with Crippen LogP contribution in [0.4, 0.5) is 4.39 Å². The number of carbonyl (C=O) groups excluding carboxylic acids is 1. The molecule has 0 unspecified atom stereocenters. The summed E-state index contributed by atoms with van der Waals surface area (Å²) < 4.78 is 12.8. The van der Waals surface area contributed by atoms with Crippen molar-refractivity contribution < 1.29 is 19.1 Å². The summed E-state index contributed by atoms with van der Waals surface area (Å²) in [4.78, 5) is 23.7. The number of carbonyl (C=O) groups is 2. The van der Waals surface area contributed by atoms with Gasteiger partial charge in [-0.05, 0) is 35.6 Å². The standard InChI is InChI=1S/C16H16FNO3S/c17-12-6-3-11(4-7-12)5-8-15(19)18-13(10-16(20)21)14-2-1-9-22-14/h1-4,6-7,9,13H,5,8,10H2,(H,18,19)(H,20,21)/t13-/m1/s1. The van der Waals surface area contributed by atoms with Gasteiger partial charge < -0.3 is 10.4 Å². The second-order valence-electron chi connectivity index (χ2n) is 4.86. The SMILES string of the molecule is O=C(O)C[C@@H](NC(=O)CCc1ccc(F)cc1)c1cccs1. The van der Waals surface area contributed by atoms with Crippen LogP contribution in [-0.4, -0.2) is 17.0 Å². The summed E-state index contributed by atoms with van der Waals surface area (Å²) in [6, 6.07) is 9.09. The highest BCUT2D eigenvalue weighted by molar-refractivity contribution is 7.10. The number of hydrogen-bond donors (Lipinski definition) is 2. The second-order valence-corrected chi connectivity index (χ2v) is 5.84. The van der Waals surface area contributed by atoms with E-state index in [1.54, 1.807) is 18.2 Å². The van der Waals surface area contributed by atoms with Gasteiger partial charge in [-0.2, -0.15) is 0 Å². The van der Waals surface area contributed by atoms with Crippen molar-refractivity contribution in [2.45, 2.75) is 25.3 Å². The van der Waals surface area contributed by atoms with Crippen LogP contribution in [0.5, 0.6) is 0 Å². The number of carboxylic acid groups (broad SMARTS) is 1. The third-order valence-electron chi connectivity index (χ3n) is 3.15. The van der Waals surface area contributed by atoms with Gasteiger partial charge in [0.25, 0.3) is 0 Å². The van der Waals surface area contributed by atoms with Crippen molar-refractivity contribution in [1.29, 1.82) is 0 Å². The summed E-state index contributed by atoms with van der Waals surface area (Å²) in [5, 5.41) is 13.5. The molecule has 0 aliphatic rings. The van der Waals surface area contributed by atoms with Crippen LogP contribution < -0.4 is 5.32 Å². The van der Waals surface area contributed by atoms with Gasteiger partial charge in [-0.3, -0.25) is 9.59 Å². The summed E-state index contributed by atoms with van der Waals surface area (Å²) in [5.74, 6) is -1.49. The zero-order chi connectivity index (χ0) is 15.9. The molecule has 4 nitrogen and oxygen atoms in total. The van der Waals surface area contributed by atoms with Gasteiger partial charge in [0.1, 0.15) is 5.82 Å². The molecule has 2 N–H and O–H groups in total. The lowest BCUT2D eigenvalue weighted by molar-refractivity contribution is -0.137. The normalized spacial score (nSPS) is 11.9. The molecule has 0 aliphatic heterocycles. The first kappa shape index (κ1) is 16.2. The van der Waals surface area contributed by atoms with E-state index in [1.165, 1.54) is 23.5 Å². The number of amides is 1. The highest BCUT2D eigenvalue weighted by Gasteiger charge is 2.18. The maximum atomic E-state index is 12.8. The number of aliphatic carboxylic acids is 1. The first-order chi connectivity index (χ1) is 10.5. The van der Waals surface area contributed by atoms with E-state index in [0.29, 0.717) is 6.42 Å². The fourth-order valence-electron chi connectivity index (χ4n) is 2.06. The van der Waals surface area contributed by atoms with E-state index in [2.05, 4.69) is 5.32 Å². The number of hydrogen-bond acceptors (Lipinski definition) is 3. The lowest BCUT2D eigenvalue weighted by Crippen LogP contribution is -2.29. The Morgan fingerprint density at radius 3 is 2.55 bits per heavy atom. The molecule has 0 saturated heterocycles. The largest absolute Gasteiger partial charge is 0.481 e. The lowest BCUT2D eigenvalue weighted by Gasteiger charge is -2.15. The van der Waals surface area contributed by atoms with E-state index in [0.717, 1.165) is 10.4 Å². The number of carboxylic acids is 1. The van der Waals surface area contributed by atoms with Crippen molar-refractivity contribution in [3.63, 3.8) is 0 Å². The second kappa shape index (κ2) is 7.70. The van der Waals surface area contributed by atoms with Gasteiger partial charge in [-0.15, -0.1) is 11.3 Å². The van der Waals surface area contributed by atoms with Gasteiger partial charge >= 0.3 is 5.97 Å². The highest BCUT2D eigenvalue weighted by Crippen LogP contribution is 2.22. The monoisotopic (exact) mass is 321 g/mol. The molecule has 1 aromatic carbocycles. The van der Waals surface area contributed by atoms with Crippen LogP contribution in [0.15, 0.2) is 41.8 Å². The van der Waals surface area contributed by atoms with Crippen molar-refractivity contribution >= 4 is 23.2 Å². The average Bonchev–Trinajstić information content (AvgIpc) is 3.00. The molecule has 0 fully saturated rings. The van der Waals surface area contributed by atoms with Crippen molar-refractivity contribution in [1.82, 2.24) is 5.32 Å². The van der Waals surface area contributed by atoms with Crippen LogP contribution in [0, 0.1) is 5.82 Å². The summed E-state index contributed by atoms with van der Waals surface area (Å²) in [6.45, 7) is 0. The van der Waals surface area contributed by atoms with E-state index in [1.807, 2.05) is 11.4 Å². The Morgan fingerprint density at radius 1 is 1.23 bits per heavy atom. The minimum absolute atomic E-state index is 0.150. The predicted molar refractivity (Wildman–Crippen MR) is 82.2 cm³/mol. The quantitative estimate of drug-likeness (QED) is 0.823. The van der Waals surface area contributed by atoms with E-state index in [4.69, 9.17) is 5.11 Å². The minimum atomic E-state index is -0.961. The Labute approximate surface area is 131 Å².